The molecule has 1 saturated carbocycles. The van der Waals surface area contributed by atoms with Crippen molar-refractivity contribution in [3.8, 4) is 0 Å². The van der Waals surface area contributed by atoms with Crippen molar-refractivity contribution in [3.63, 3.8) is 0 Å². The standard InChI is InChI=1S/C15H19NOS/c17-14(12-4-2-1-3-5-12)16-11-15(7-8-15)13-6-9-18-10-13/h1-2,6,9-10,12H,3-5,7-8,11H2,(H,16,17). The van der Waals surface area contributed by atoms with Crippen LogP contribution in [0.1, 0.15) is 37.7 Å². The van der Waals surface area contributed by atoms with Crippen LogP contribution in [0.4, 0.5) is 0 Å². The maximum absolute atomic E-state index is 12.1. The smallest absolute Gasteiger partial charge is 0.223 e. The molecule has 0 radical (unpaired) electrons. The Morgan fingerprint density at radius 1 is 1.44 bits per heavy atom. The first-order chi connectivity index (χ1) is 8.80. The van der Waals surface area contributed by atoms with E-state index in [0.717, 1.165) is 25.8 Å². The Kier molecular flexibility index (Phi) is 3.25. The van der Waals surface area contributed by atoms with Gasteiger partial charge in [-0.15, -0.1) is 0 Å². The van der Waals surface area contributed by atoms with Gasteiger partial charge >= 0.3 is 0 Å². The topological polar surface area (TPSA) is 29.1 Å². The monoisotopic (exact) mass is 261 g/mol. The average molecular weight is 261 g/mol. The van der Waals surface area contributed by atoms with Crippen LogP contribution in [0.2, 0.25) is 0 Å². The summed E-state index contributed by atoms with van der Waals surface area (Å²) in [4.78, 5) is 12.1. The van der Waals surface area contributed by atoms with Crippen molar-refractivity contribution in [3.05, 3.63) is 34.5 Å². The molecule has 2 aliphatic carbocycles. The average Bonchev–Trinajstić information content (AvgIpc) is 3.00. The molecule has 18 heavy (non-hydrogen) atoms. The van der Waals surface area contributed by atoms with E-state index in [1.165, 1.54) is 18.4 Å². The van der Waals surface area contributed by atoms with Crippen molar-refractivity contribution in [2.45, 2.75) is 37.5 Å². The van der Waals surface area contributed by atoms with Gasteiger partial charge in [0.25, 0.3) is 0 Å². The molecule has 96 valence electrons. The Balaban J connectivity index is 1.55. The second-order valence-corrected chi connectivity index (χ2v) is 6.27. The zero-order valence-corrected chi connectivity index (χ0v) is 11.3. The molecule has 3 heteroatoms. The van der Waals surface area contributed by atoms with Gasteiger partial charge in [0.15, 0.2) is 0 Å². The molecule has 0 spiro atoms. The number of hydrogen-bond acceptors (Lipinski definition) is 2. The van der Waals surface area contributed by atoms with E-state index in [-0.39, 0.29) is 17.2 Å². The first-order valence-corrected chi connectivity index (χ1v) is 7.70. The summed E-state index contributed by atoms with van der Waals surface area (Å²) in [6.45, 7) is 0.822. The second-order valence-electron chi connectivity index (χ2n) is 5.49. The van der Waals surface area contributed by atoms with Crippen LogP contribution in [0.25, 0.3) is 0 Å². The largest absolute Gasteiger partial charge is 0.355 e. The number of hydrogen-bond donors (Lipinski definition) is 1. The summed E-state index contributed by atoms with van der Waals surface area (Å²) in [7, 11) is 0. The number of thiophene rings is 1. The Morgan fingerprint density at radius 2 is 2.33 bits per heavy atom. The fourth-order valence-electron chi connectivity index (χ4n) is 2.72. The van der Waals surface area contributed by atoms with E-state index in [0.29, 0.717) is 0 Å². The van der Waals surface area contributed by atoms with E-state index >= 15 is 0 Å². The van der Waals surface area contributed by atoms with E-state index in [1.807, 2.05) is 0 Å². The van der Waals surface area contributed by atoms with Crippen molar-refractivity contribution >= 4 is 17.2 Å². The molecule has 1 unspecified atom stereocenters. The summed E-state index contributed by atoms with van der Waals surface area (Å²) in [5.41, 5.74) is 1.68. The summed E-state index contributed by atoms with van der Waals surface area (Å²) < 4.78 is 0. The molecular formula is C15H19NOS. The Bertz CT molecular complexity index is 445. The maximum atomic E-state index is 12.1. The van der Waals surface area contributed by atoms with Gasteiger partial charge in [0, 0.05) is 17.9 Å². The Hall–Kier alpha value is -1.09. The van der Waals surface area contributed by atoms with Gasteiger partial charge in [0.1, 0.15) is 0 Å². The highest BCUT2D eigenvalue weighted by atomic mass is 32.1. The van der Waals surface area contributed by atoms with Crippen LogP contribution in [0.15, 0.2) is 29.0 Å². The zero-order valence-electron chi connectivity index (χ0n) is 10.5. The third-order valence-electron chi connectivity index (χ3n) is 4.23. The molecule has 1 aromatic rings. The highest BCUT2D eigenvalue weighted by molar-refractivity contribution is 7.08. The lowest BCUT2D eigenvalue weighted by molar-refractivity contribution is -0.125. The molecular weight excluding hydrogens is 242 g/mol. The molecule has 2 nitrogen and oxygen atoms in total. The van der Waals surface area contributed by atoms with Gasteiger partial charge in [-0.3, -0.25) is 4.79 Å². The van der Waals surface area contributed by atoms with Gasteiger partial charge in [-0.2, -0.15) is 11.3 Å². The van der Waals surface area contributed by atoms with E-state index < -0.39 is 0 Å². The molecule has 1 aromatic heterocycles. The van der Waals surface area contributed by atoms with Gasteiger partial charge < -0.3 is 5.32 Å². The lowest BCUT2D eigenvalue weighted by Crippen LogP contribution is -2.36. The van der Waals surface area contributed by atoms with Crippen LogP contribution < -0.4 is 5.32 Å². The third-order valence-corrected chi connectivity index (χ3v) is 4.91. The lowest BCUT2D eigenvalue weighted by Gasteiger charge is -2.20. The molecule has 1 fully saturated rings. The van der Waals surface area contributed by atoms with Gasteiger partial charge in [-0.25, -0.2) is 0 Å². The minimum Gasteiger partial charge on any atom is -0.355 e. The van der Waals surface area contributed by atoms with Crippen molar-refractivity contribution in [2.24, 2.45) is 5.92 Å². The first kappa shape index (κ1) is 12.0. The van der Waals surface area contributed by atoms with Crippen LogP contribution in [0, 0.1) is 5.92 Å². The number of nitrogens with one attached hydrogen (secondary N) is 1. The highest BCUT2D eigenvalue weighted by Gasteiger charge is 2.44. The molecule has 1 N–H and O–H groups in total. The molecule has 0 bridgehead atoms. The SMILES string of the molecule is O=C(NCC1(c2ccsc2)CC1)C1CC=CCC1. The van der Waals surface area contributed by atoms with Crippen LogP contribution in [-0.2, 0) is 10.2 Å². The van der Waals surface area contributed by atoms with Gasteiger partial charge in [-0.05, 0) is 54.5 Å². The quantitative estimate of drug-likeness (QED) is 0.828. The van der Waals surface area contributed by atoms with Crippen LogP contribution >= 0.6 is 11.3 Å². The van der Waals surface area contributed by atoms with Crippen molar-refractivity contribution in [1.82, 2.24) is 5.32 Å². The van der Waals surface area contributed by atoms with Crippen LogP contribution in [0.3, 0.4) is 0 Å². The number of amides is 1. The predicted molar refractivity (Wildman–Crippen MR) is 74.7 cm³/mol. The molecule has 3 rings (SSSR count). The molecule has 0 saturated heterocycles. The van der Waals surface area contributed by atoms with Crippen molar-refractivity contribution in [2.75, 3.05) is 6.54 Å². The van der Waals surface area contributed by atoms with Gasteiger partial charge in [0.05, 0.1) is 0 Å². The summed E-state index contributed by atoms with van der Waals surface area (Å²) in [5.74, 6) is 0.453. The molecule has 2 aliphatic rings. The van der Waals surface area contributed by atoms with Gasteiger partial charge in [0.2, 0.25) is 5.91 Å². The minimum absolute atomic E-state index is 0.202. The fraction of sp³-hybridized carbons (Fsp3) is 0.533. The lowest BCUT2D eigenvalue weighted by atomic mass is 9.93. The first-order valence-electron chi connectivity index (χ1n) is 6.76. The summed E-state index contributed by atoms with van der Waals surface area (Å²) in [6.07, 6.45) is 9.72. The van der Waals surface area contributed by atoms with Gasteiger partial charge in [-0.1, -0.05) is 12.2 Å². The summed E-state index contributed by atoms with van der Waals surface area (Å²) >= 11 is 1.75. The summed E-state index contributed by atoms with van der Waals surface area (Å²) in [5, 5.41) is 7.53. The molecule has 1 heterocycles. The Morgan fingerprint density at radius 3 is 2.94 bits per heavy atom. The molecule has 1 atom stereocenters. The predicted octanol–water partition coefficient (Wildman–Crippen LogP) is 3.25. The Labute approximate surface area is 112 Å². The number of carbonyl (C=O) groups excluding carboxylic acids is 1. The molecule has 0 aliphatic heterocycles. The van der Waals surface area contributed by atoms with Crippen LogP contribution in [-0.4, -0.2) is 12.5 Å². The normalized spacial score (nSPS) is 24.8. The highest BCUT2D eigenvalue weighted by Crippen LogP contribution is 2.48. The zero-order chi connectivity index (χ0) is 12.4. The van der Waals surface area contributed by atoms with Crippen molar-refractivity contribution < 1.29 is 4.79 Å². The third kappa shape index (κ3) is 2.37. The number of rotatable bonds is 4. The maximum Gasteiger partial charge on any atom is 0.223 e. The van der Waals surface area contributed by atoms with Crippen LogP contribution in [0.5, 0.6) is 0 Å². The second kappa shape index (κ2) is 4.88. The van der Waals surface area contributed by atoms with E-state index in [2.05, 4.69) is 34.3 Å². The van der Waals surface area contributed by atoms with Crippen molar-refractivity contribution in [1.29, 1.82) is 0 Å². The molecule has 1 amide bonds. The summed E-state index contributed by atoms with van der Waals surface area (Å²) in [6, 6.07) is 2.20. The molecule has 0 aromatic carbocycles. The van der Waals surface area contributed by atoms with E-state index in [1.54, 1.807) is 11.3 Å². The van der Waals surface area contributed by atoms with E-state index in [4.69, 9.17) is 0 Å². The fourth-order valence-corrected chi connectivity index (χ4v) is 3.50. The minimum atomic E-state index is 0.202. The van der Waals surface area contributed by atoms with E-state index in [9.17, 15) is 4.79 Å². The number of carbonyl (C=O) groups is 1. The number of allylic oxidation sites excluding steroid dienone is 2.